The van der Waals surface area contributed by atoms with Crippen LogP contribution in [0.15, 0.2) is 60.3 Å². The second kappa shape index (κ2) is 10.2. The van der Waals surface area contributed by atoms with E-state index in [-0.39, 0.29) is 17.4 Å². The van der Waals surface area contributed by atoms with Gasteiger partial charge in [0.2, 0.25) is 5.91 Å². The van der Waals surface area contributed by atoms with Gasteiger partial charge in [-0.3, -0.25) is 9.36 Å². The number of carbonyl (C=O) groups is 1. The number of nitrogens with one attached hydrogen (secondary N) is 1. The van der Waals surface area contributed by atoms with Crippen molar-refractivity contribution in [3.63, 3.8) is 0 Å². The first-order chi connectivity index (χ1) is 14.9. The summed E-state index contributed by atoms with van der Waals surface area (Å²) in [5.41, 5.74) is 0.476. The highest BCUT2D eigenvalue weighted by Crippen LogP contribution is 2.27. The smallest absolute Gasteiger partial charge is 0.234 e. The van der Waals surface area contributed by atoms with E-state index in [2.05, 4.69) is 22.1 Å². The van der Waals surface area contributed by atoms with Gasteiger partial charge < -0.3 is 10.1 Å². The van der Waals surface area contributed by atoms with Crippen molar-refractivity contribution >= 4 is 23.4 Å². The third-order valence-electron chi connectivity index (χ3n) is 4.08. The van der Waals surface area contributed by atoms with E-state index < -0.39 is 23.6 Å². The summed E-state index contributed by atoms with van der Waals surface area (Å²) >= 11 is 1.14. The van der Waals surface area contributed by atoms with Gasteiger partial charge in [-0.15, -0.1) is 16.8 Å². The van der Waals surface area contributed by atoms with E-state index in [0.717, 1.165) is 23.9 Å². The summed E-state index contributed by atoms with van der Waals surface area (Å²) < 4.78 is 47.2. The van der Waals surface area contributed by atoms with Crippen LogP contribution < -0.4 is 10.1 Å². The van der Waals surface area contributed by atoms with Crippen LogP contribution >= 0.6 is 11.8 Å². The zero-order valence-electron chi connectivity index (χ0n) is 16.5. The number of rotatable bonds is 9. The van der Waals surface area contributed by atoms with Gasteiger partial charge in [0.1, 0.15) is 11.6 Å². The molecule has 31 heavy (non-hydrogen) atoms. The van der Waals surface area contributed by atoms with E-state index in [9.17, 15) is 18.0 Å². The molecule has 0 radical (unpaired) electrons. The zero-order chi connectivity index (χ0) is 22.4. The first-order valence-corrected chi connectivity index (χ1v) is 10.2. The Morgan fingerprint density at radius 2 is 1.90 bits per heavy atom. The summed E-state index contributed by atoms with van der Waals surface area (Å²) in [6.07, 6.45) is 0.926. The zero-order valence-corrected chi connectivity index (χ0v) is 17.3. The van der Waals surface area contributed by atoms with Crippen LogP contribution in [0.2, 0.25) is 0 Å². The molecular weight excluding hydrogens is 429 g/mol. The fourth-order valence-corrected chi connectivity index (χ4v) is 3.44. The van der Waals surface area contributed by atoms with Crippen molar-refractivity contribution in [1.82, 2.24) is 14.8 Å². The molecule has 0 fully saturated rings. The Kier molecular flexibility index (Phi) is 7.35. The van der Waals surface area contributed by atoms with Crippen molar-refractivity contribution in [3.05, 3.63) is 78.4 Å². The number of anilines is 1. The van der Waals surface area contributed by atoms with Crippen molar-refractivity contribution in [1.29, 1.82) is 0 Å². The number of aromatic nitrogens is 3. The molecule has 0 aliphatic heterocycles. The van der Waals surface area contributed by atoms with Crippen molar-refractivity contribution in [3.8, 4) is 5.75 Å². The largest absolute Gasteiger partial charge is 0.480 e. The van der Waals surface area contributed by atoms with Crippen LogP contribution in [0.1, 0.15) is 18.9 Å². The molecule has 162 valence electrons. The molecule has 1 atom stereocenters. The lowest BCUT2D eigenvalue weighted by molar-refractivity contribution is -0.113. The first kappa shape index (κ1) is 22.4. The van der Waals surface area contributed by atoms with Crippen LogP contribution in [0.25, 0.3) is 0 Å². The van der Waals surface area contributed by atoms with E-state index in [1.54, 1.807) is 17.6 Å². The molecule has 0 aliphatic rings. The Balaban J connectivity index is 1.68. The number of ether oxygens (including phenoxy) is 1. The molecule has 0 bridgehead atoms. The number of allylic oxidation sites excluding steroid dienone is 1. The minimum Gasteiger partial charge on any atom is -0.480 e. The van der Waals surface area contributed by atoms with Crippen molar-refractivity contribution in [2.45, 2.75) is 24.7 Å². The second-order valence-corrected chi connectivity index (χ2v) is 7.36. The summed E-state index contributed by atoms with van der Waals surface area (Å²) in [6.45, 7) is 5.70. The maximum atomic E-state index is 13.9. The van der Waals surface area contributed by atoms with Gasteiger partial charge in [0.05, 0.1) is 5.75 Å². The summed E-state index contributed by atoms with van der Waals surface area (Å²) in [4.78, 5) is 12.2. The summed E-state index contributed by atoms with van der Waals surface area (Å²) in [7, 11) is 0. The number of amides is 1. The van der Waals surface area contributed by atoms with Crippen LogP contribution in [0, 0.1) is 17.5 Å². The average molecular weight is 448 g/mol. The lowest BCUT2D eigenvalue weighted by Gasteiger charge is -2.16. The fourth-order valence-electron chi connectivity index (χ4n) is 2.68. The van der Waals surface area contributed by atoms with Crippen molar-refractivity contribution in [2.24, 2.45) is 0 Å². The predicted octanol–water partition coefficient (Wildman–Crippen LogP) is 4.75. The molecule has 0 spiro atoms. The SMILES string of the molecule is C=CCn1c(SCC(=O)Nc2ccc(F)cc2)nnc1C(C)Oc1ccc(F)cc1F. The maximum absolute atomic E-state index is 13.9. The highest BCUT2D eigenvalue weighted by Gasteiger charge is 2.21. The van der Waals surface area contributed by atoms with Gasteiger partial charge in [-0.25, -0.2) is 13.2 Å². The molecule has 2 aromatic carbocycles. The third-order valence-corrected chi connectivity index (χ3v) is 5.05. The molecule has 1 N–H and O–H groups in total. The van der Waals surface area contributed by atoms with Crippen LogP contribution in [0.5, 0.6) is 5.75 Å². The summed E-state index contributed by atoms with van der Waals surface area (Å²) in [5, 5.41) is 11.3. The number of carbonyl (C=O) groups excluding carboxylic acids is 1. The number of nitrogens with zero attached hydrogens (tertiary/aromatic N) is 3. The van der Waals surface area contributed by atoms with Gasteiger partial charge in [0.25, 0.3) is 0 Å². The Morgan fingerprint density at radius 3 is 2.58 bits per heavy atom. The first-order valence-electron chi connectivity index (χ1n) is 9.21. The molecule has 1 heterocycles. The molecule has 1 aromatic heterocycles. The standard InChI is InChI=1S/C21H19F3N4O2S/c1-3-10-28-20(13(2)30-18-9-6-15(23)11-17(18)24)26-27-21(28)31-12-19(29)25-16-7-4-14(22)5-8-16/h3-9,11,13H,1,10,12H2,2H3,(H,25,29). The Hall–Kier alpha value is -3.27. The minimum absolute atomic E-state index is 0.0362. The second-order valence-electron chi connectivity index (χ2n) is 6.42. The number of thioether (sulfide) groups is 1. The molecule has 10 heteroatoms. The van der Waals surface area contributed by atoms with Crippen LogP contribution in [-0.4, -0.2) is 26.4 Å². The topological polar surface area (TPSA) is 69.0 Å². The van der Waals surface area contributed by atoms with Gasteiger partial charge in [-0.2, -0.15) is 0 Å². The van der Waals surface area contributed by atoms with Crippen LogP contribution in [0.4, 0.5) is 18.9 Å². The summed E-state index contributed by atoms with van der Waals surface area (Å²) in [5.74, 6) is -1.91. The lowest BCUT2D eigenvalue weighted by Crippen LogP contribution is -2.15. The lowest BCUT2D eigenvalue weighted by atomic mass is 10.3. The van der Waals surface area contributed by atoms with Crippen molar-refractivity contribution in [2.75, 3.05) is 11.1 Å². The number of benzene rings is 2. The van der Waals surface area contributed by atoms with Gasteiger partial charge >= 0.3 is 0 Å². The van der Waals surface area contributed by atoms with E-state index in [1.165, 1.54) is 30.3 Å². The molecule has 1 amide bonds. The normalized spacial score (nSPS) is 11.7. The van der Waals surface area contributed by atoms with Gasteiger partial charge in [0.15, 0.2) is 28.7 Å². The number of hydrogen-bond donors (Lipinski definition) is 1. The van der Waals surface area contributed by atoms with E-state index in [1.807, 2.05) is 0 Å². The third kappa shape index (κ3) is 5.88. The quantitative estimate of drug-likeness (QED) is 0.378. The molecule has 6 nitrogen and oxygen atoms in total. The van der Waals surface area contributed by atoms with Crippen LogP contribution in [0.3, 0.4) is 0 Å². The Bertz CT molecular complexity index is 1070. The molecule has 1 unspecified atom stereocenters. The van der Waals surface area contributed by atoms with E-state index in [0.29, 0.717) is 23.2 Å². The Morgan fingerprint density at radius 1 is 1.19 bits per heavy atom. The number of halogens is 3. The van der Waals surface area contributed by atoms with Gasteiger partial charge in [-0.1, -0.05) is 17.8 Å². The van der Waals surface area contributed by atoms with E-state index >= 15 is 0 Å². The van der Waals surface area contributed by atoms with E-state index in [4.69, 9.17) is 4.74 Å². The van der Waals surface area contributed by atoms with Crippen LogP contribution in [-0.2, 0) is 11.3 Å². The minimum atomic E-state index is -0.825. The molecular formula is C21H19F3N4O2S. The molecule has 0 saturated heterocycles. The highest BCUT2D eigenvalue weighted by atomic mass is 32.2. The van der Waals surface area contributed by atoms with Crippen molar-refractivity contribution < 1.29 is 22.7 Å². The molecule has 0 saturated carbocycles. The Labute approximate surface area is 181 Å². The van der Waals surface area contributed by atoms with Gasteiger partial charge in [0, 0.05) is 18.3 Å². The molecule has 3 aromatic rings. The summed E-state index contributed by atoms with van der Waals surface area (Å²) in [6, 6.07) is 8.46. The average Bonchev–Trinajstić information content (AvgIpc) is 3.13. The monoisotopic (exact) mass is 448 g/mol. The predicted molar refractivity (Wildman–Crippen MR) is 111 cm³/mol. The molecule has 0 aliphatic carbocycles. The molecule has 3 rings (SSSR count). The highest BCUT2D eigenvalue weighted by molar-refractivity contribution is 7.99. The maximum Gasteiger partial charge on any atom is 0.234 e. The number of hydrogen-bond acceptors (Lipinski definition) is 5. The fraction of sp³-hybridized carbons (Fsp3) is 0.190. The van der Waals surface area contributed by atoms with Gasteiger partial charge in [-0.05, 0) is 43.3 Å².